The molecule has 0 aliphatic rings. The molecule has 0 spiro atoms. The second-order valence-corrected chi connectivity index (χ2v) is 3.37. The van der Waals surface area contributed by atoms with Crippen LogP contribution in [0.25, 0.3) is 11.3 Å². The van der Waals surface area contributed by atoms with Crippen LogP contribution in [0.4, 0.5) is 15.9 Å². The first-order valence-corrected chi connectivity index (χ1v) is 4.75. The summed E-state index contributed by atoms with van der Waals surface area (Å²) in [6.07, 6.45) is 0. The van der Waals surface area contributed by atoms with E-state index < -0.39 is 10.7 Å². The van der Waals surface area contributed by atoms with Gasteiger partial charge in [0, 0.05) is 11.6 Å². The molecule has 2 rings (SSSR count). The van der Waals surface area contributed by atoms with Gasteiger partial charge in [-0.3, -0.25) is 10.1 Å². The lowest BCUT2D eigenvalue weighted by molar-refractivity contribution is -0.384. The minimum absolute atomic E-state index is 0.134. The molecule has 6 heteroatoms. The van der Waals surface area contributed by atoms with Crippen LogP contribution in [0, 0.1) is 15.9 Å². The predicted molar refractivity (Wildman–Crippen MR) is 60.7 cm³/mol. The molecule has 0 radical (unpaired) electrons. The molecule has 2 N–H and O–H groups in total. The first-order valence-electron chi connectivity index (χ1n) is 4.75. The maximum atomic E-state index is 12.8. The first kappa shape index (κ1) is 11.0. The molecule has 86 valence electrons. The number of anilines is 1. The van der Waals surface area contributed by atoms with Gasteiger partial charge >= 0.3 is 0 Å². The molecule has 0 saturated carbocycles. The summed E-state index contributed by atoms with van der Waals surface area (Å²) < 4.78 is 12.8. The van der Waals surface area contributed by atoms with Crippen molar-refractivity contribution in [2.45, 2.75) is 0 Å². The molecule has 0 amide bonds. The van der Waals surface area contributed by atoms with E-state index in [-0.39, 0.29) is 17.2 Å². The number of nitrogens with zero attached hydrogens (tertiary/aromatic N) is 2. The Morgan fingerprint density at radius 1 is 1.18 bits per heavy atom. The average molecular weight is 233 g/mol. The van der Waals surface area contributed by atoms with Crippen LogP contribution >= 0.6 is 0 Å². The summed E-state index contributed by atoms with van der Waals surface area (Å²) in [5.74, 6) is -0.241. The minimum Gasteiger partial charge on any atom is -0.384 e. The number of halogens is 1. The van der Waals surface area contributed by atoms with E-state index in [0.29, 0.717) is 5.56 Å². The fraction of sp³-hybridized carbons (Fsp3) is 0. The third-order valence-corrected chi connectivity index (χ3v) is 2.21. The summed E-state index contributed by atoms with van der Waals surface area (Å²) in [6, 6.07) is 7.90. The molecule has 17 heavy (non-hydrogen) atoms. The lowest BCUT2D eigenvalue weighted by Gasteiger charge is -2.03. The molecule has 5 nitrogen and oxygen atoms in total. The van der Waals surface area contributed by atoms with Crippen molar-refractivity contribution in [1.82, 2.24) is 4.98 Å². The summed E-state index contributed by atoms with van der Waals surface area (Å²) in [6.45, 7) is 0. The SMILES string of the molecule is Nc1ccc([N+](=O)[O-])c(-c2ccc(F)cc2)n1. The van der Waals surface area contributed by atoms with Gasteiger partial charge in [0.05, 0.1) is 4.92 Å². The van der Waals surface area contributed by atoms with Gasteiger partial charge in [0.25, 0.3) is 5.69 Å². The van der Waals surface area contributed by atoms with Crippen LogP contribution in [0.3, 0.4) is 0 Å². The molecule has 0 saturated heterocycles. The van der Waals surface area contributed by atoms with Crippen molar-refractivity contribution in [2.75, 3.05) is 5.73 Å². The van der Waals surface area contributed by atoms with Crippen molar-refractivity contribution in [2.24, 2.45) is 0 Å². The van der Waals surface area contributed by atoms with Gasteiger partial charge in [-0.2, -0.15) is 0 Å². The van der Waals surface area contributed by atoms with Gasteiger partial charge in [-0.15, -0.1) is 0 Å². The second kappa shape index (κ2) is 4.17. The van der Waals surface area contributed by atoms with Crippen LogP contribution in [0.1, 0.15) is 0 Å². The van der Waals surface area contributed by atoms with Crippen molar-refractivity contribution in [3.05, 3.63) is 52.3 Å². The topological polar surface area (TPSA) is 82.0 Å². The van der Waals surface area contributed by atoms with Crippen molar-refractivity contribution in [1.29, 1.82) is 0 Å². The van der Waals surface area contributed by atoms with E-state index in [1.54, 1.807) is 0 Å². The molecule has 0 fully saturated rings. The standard InChI is InChI=1S/C11H8FN3O2/c12-8-3-1-7(2-4-8)11-9(15(16)17)5-6-10(13)14-11/h1-6H,(H2,13,14). The van der Waals surface area contributed by atoms with E-state index in [9.17, 15) is 14.5 Å². The van der Waals surface area contributed by atoms with E-state index in [1.807, 2.05) is 0 Å². The number of benzene rings is 1. The highest BCUT2D eigenvalue weighted by atomic mass is 19.1. The Morgan fingerprint density at radius 2 is 1.82 bits per heavy atom. The molecule has 0 unspecified atom stereocenters. The average Bonchev–Trinajstić information content (AvgIpc) is 2.29. The van der Waals surface area contributed by atoms with Gasteiger partial charge in [-0.1, -0.05) is 0 Å². The zero-order chi connectivity index (χ0) is 12.4. The Balaban J connectivity index is 2.60. The van der Waals surface area contributed by atoms with Crippen molar-refractivity contribution in [3.8, 4) is 11.3 Å². The van der Waals surface area contributed by atoms with E-state index in [4.69, 9.17) is 5.73 Å². The molecular weight excluding hydrogens is 225 g/mol. The molecule has 2 aromatic rings. The van der Waals surface area contributed by atoms with Gasteiger partial charge in [0.1, 0.15) is 11.6 Å². The normalized spacial score (nSPS) is 10.2. The Kier molecular flexibility index (Phi) is 2.70. The van der Waals surface area contributed by atoms with Crippen molar-refractivity contribution in [3.63, 3.8) is 0 Å². The van der Waals surface area contributed by atoms with Gasteiger partial charge in [-0.05, 0) is 30.3 Å². The third kappa shape index (κ3) is 2.20. The van der Waals surface area contributed by atoms with Crippen molar-refractivity contribution < 1.29 is 9.31 Å². The van der Waals surface area contributed by atoms with Crippen LogP contribution < -0.4 is 5.73 Å². The number of pyridine rings is 1. The van der Waals surface area contributed by atoms with Gasteiger partial charge in [-0.25, -0.2) is 9.37 Å². The van der Waals surface area contributed by atoms with Crippen LogP contribution in [-0.4, -0.2) is 9.91 Å². The molecule has 1 aromatic heterocycles. The zero-order valence-electron chi connectivity index (χ0n) is 8.63. The summed E-state index contributed by atoms with van der Waals surface area (Å²) in [5, 5.41) is 10.8. The number of nitro groups is 1. The fourth-order valence-corrected chi connectivity index (χ4v) is 1.43. The Morgan fingerprint density at radius 3 is 2.41 bits per heavy atom. The number of rotatable bonds is 2. The Labute approximate surface area is 95.9 Å². The Bertz CT molecular complexity index is 569. The van der Waals surface area contributed by atoms with E-state index in [2.05, 4.69) is 4.98 Å². The predicted octanol–water partition coefficient (Wildman–Crippen LogP) is 2.38. The van der Waals surface area contributed by atoms with E-state index in [1.165, 1.54) is 36.4 Å². The molecule has 0 bridgehead atoms. The summed E-state index contributed by atoms with van der Waals surface area (Å²) >= 11 is 0. The monoisotopic (exact) mass is 233 g/mol. The van der Waals surface area contributed by atoms with Crippen LogP contribution in [-0.2, 0) is 0 Å². The summed E-state index contributed by atoms with van der Waals surface area (Å²) in [4.78, 5) is 14.2. The first-order chi connectivity index (χ1) is 8.08. The summed E-state index contributed by atoms with van der Waals surface area (Å²) in [7, 11) is 0. The minimum atomic E-state index is -0.550. The third-order valence-electron chi connectivity index (χ3n) is 2.21. The molecule has 1 aromatic carbocycles. The fourth-order valence-electron chi connectivity index (χ4n) is 1.43. The molecule has 1 heterocycles. The zero-order valence-corrected chi connectivity index (χ0v) is 8.63. The molecule has 0 atom stereocenters. The maximum absolute atomic E-state index is 12.8. The maximum Gasteiger partial charge on any atom is 0.295 e. The molecule has 0 aliphatic carbocycles. The van der Waals surface area contributed by atoms with Gasteiger partial charge < -0.3 is 5.73 Å². The van der Waals surface area contributed by atoms with Crippen LogP contribution in [0.2, 0.25) is 0 Å². The molecular formula is C11H8FN3O2. The molecule has 0 aliphatic heterocycles. The number of hydrogen-bond acceptors (Lipinski definition) is 4. The van der Waals surface area contributed by atoms with E-state index in [0.717, 1.165) is 0 Å². The smallest absolute Gasteiger partial charge is 0.295 e. The number of nitrogen functional groups attached to an aromatic ring is 1. The number of hydrogen-bond donors (Lipinski definition) is 1. The van der Waals surface area contributed by atoms with Crippen LogP contribution in [0.15, 0.2) is 36.4 Å². The quantitative estimate of drug-likeness (QED) is 0.637. The van der Waals surface area contributed by atoms with Gasteiger partial charge in [0.15, 0.2) is 5.69 Å². The van der Waals surface area contributed by atoms with Crippen molar-refractivity contribution >= 4 is 11.5 Å². The highest BCUT2D eigenvalue weighted by molar-refractivity contribution is 5.70. The summed E-state index contributed by atoms with van der Waals surface area (Å²) in [5.41, 5.74) is 5.91. The lowest BCUT2D eigenvalue weighted by atomic mass is 10.1. The number of aromatic nitrogens is 1. The largest absolute Gasteiger partial charge is 0.384 e. The Hall–Kier alpha value is -2.50. The van der Waals surface area contributed by atoms with Crippen LogP contribution in [0.5, 0.6) is 0 Å². The lowest BCUT2D eigenvalue weighted by Crippen LogP contribution is -1.98. The highest BCUT2D eigenvalue weighted by Gasteiger charge is 2.16. The van der Waals surface area contributed by atoms with E-state index >= 15 is 0 Å². The second-order valence-electron chi connectivity index (χ2n) is 3.37. The number of nitrogens with two attached hydrogens (primary N) is 1. The van der Waals surface area contributed by atoms with Gasteiger partial charge in [0.2, 0.25) is 0 Å². The highest BCUT2D eigenvalue weighted by Crippen LogP contribution is 2.28.